The highest BCUT2D eigenvalue weighted by Gasteiger charge is 2.36. The monoisotopic (exact) mass is 350 g/mol. The quantitative estimate of drug-likeness (QED) is 0.685. The Balaban J connectivity index is 1.97. The molecule has 0 unspecified atom stereocenters. The van der Waals surface area contributed by atoms with Gasteiger partial charge >= 0.3 is 0 Å². The summed E-state index contributed by atoms with van der Waals surface area (Å²) in [6.45, 7) is 4.12. The van der Waals surface area contributed by atoms with Gasteiger partial charge < -0.3 is 24.4 Å². The zero-order valence-corrected chi connectivity index (χ0v) is 15.0. The molecular formula is C18H26N2O5. The van der Waals surface area contributed by atoms with Gasteiger partial charge in [-0.3, -0.25) is 9.59 Å². The van der Waals surface area contributed by atoms with Crippen molar-refractivity contribution in [2.45, 2.75) is 19.8 Å². The smallest absolute Gasteiger partial charge is 0.227 e. The van der Waals surface area contributed by atoms with Crippen molar-refractivity contribution in [2.75, 3.05) is 45.4 Å². The van der Waals surface area contributed by atoms with Crippen LogP contribution in [0.2, 0.25) is 0 Å². The van der Waals surface area contributed by atoms with Crippen LogP contribution in [-0.4, -0.2) is 52.3 Å². The van der Waals surface area contributed by atoms with Gasteiger partial charge in [0.05, 0.1) is 25.8 Å². The van der Waals surface area contributed by atoms with Crippen molar-refractivity contribution in [3.05, 3.63) is 18.2 Å². The number of benzene rings is 1. The van der Waals surface area contributed by atoms with Crippen molar-refractivity contribution >= 4 is 17.5 Å². The average Bonchev–Trinajstić information content (AvgIpc) is 3.02. The minimum absolute atomic E-state index is 0.0852. The van der Waals surface area contributed by atoms with Gasteiger partial charge in [-0.1, -0.05) is 0 Å². The zero-order chi connectivity index (χ0) is 18.2. The first-order valence-electron chi connectivity index (χ1n) is 8.48. The summed E-state index contributed by atoms with van der Waals surface area (Å²) in [6, 6.07) is 5.27. The second-order valence-corrected chi connectivity index (χ2v) is 5.78. The number of hydrogen-bond acceptors (Lipinski definition) is 5. The summed E-state index contributed by atoms with van der Waals surface area (Å²) in [5.41, 5.74) is 0.653. The molecule has 0 aromatic heterocycles. The number of hydrogen-bond donors (Lipinski definition) is 1. The van der Waals surface area contributed by atoms with Crippen LogP contribution >= 0.6 is 0 Å². The number of ether oxygens (including phenoxy) is 3. The Morgan fingerprint density at radius 1 is 1.32 bits per heavy atom. The van der Waals surface area contributed by atoms with Gasteiger partial charge in [0, 0.05) is 38.8 Å². The molecule has 0 aliphatic carbocycles. The van der Waals surface area contributed by atoms with Gasteiger partial charge in [-0.15, -0.1) is 0 Å². The number of nitrogens with zero attached hydrogens (tertiary/aromatic N) is 1. The third-order valence-corrected chi connectivity index (χ3v) is 4.14. The lowest BCUT2D eigenvalue weighted by molar-refractivity contribution is -0.126. The summed E-state index contributed by atoms with van der Waals surface area (Å²) in [5.74, 6) is 0.658. The van der Waals surface area contributed by atoms with Crippen LogP contribution in [0.3, 0.4) is 0 Å². The molecule has 0 spiro atoms. The Labute approximate surface area is 148 Å². The van der Waals surface area contributed by atoms with Crippen LogP contribution in [0.25, 0.3) is 0 Å². The first-order valence-corrected chi connectivity index (χ1v) is 8.48. The van der Waals surface area contributed by atoms with Crippen molar-refractivity contribution in [3.63, 3.8) is 0 Å². The second kappa shape index (κ2) is 9.27. The fraction of sp³-hybridized carbons (Fsp3) is 0.556. The molecule has 25 heavy (non-hydrogen) atoms. The van der Waals surface area contributed by atoms with Crippen LogP contribution < -0.4 is 19.7 Å². The van der Waals surface area contributed by atoms with Crippen molar-refractivity contribution in [1.82, 2.24) is 5.32 Å². The average molecular weight is 350 g/mol. The lowest BCUT2D eigenvalue weighted by Gasteiger charge is -2.20. The lowest BCUT2D eigenvalue weighted by atomic mass is 10.1. The molecule has 1 aromatic carbocycles. The lowest BCUT2D eigenvalue weighted by Crippen LogP contribution is -2.34. The summed E-state index contributed by atoms with van der Waals surface area (Å²) >= 11 is 0. The number of anilines is 1. The molecule has 0 saturated carbocycles. The second-order valence-electron chi connectivity index (χ2n) is 5.78. The van der Waals surface area contributed by atoms with E-state index in [1.54, 1.807) is 37.3 Å². The molecule has 7 nitrogen and oxygen atoms in total. The SMILES string of the molecule is CCOCCCNC(=O)[C@@H]1CC(=O)N(c2ccc(OC)cc2OC)C1. The molecule has 1 atom stereocenters. The molecule has 1 N–H and O–H groups in total. The van der Waals surface area contributed by atoms with E-state index in [0.29, 0.717) is 43.5 Å². The fourth-order valence-electron chi connectivity index (χ4n) is 2.80. The summed E-state index contributed by atoms with van der Waals surface area (Å²) in [6.07, 6.45) is 0.961. The van der Waals surface area contributed by atoms with E-state index in [2.05, 4.69) is 5.32 Å². The highest BCUT2D eigenvalue weighted by Crippen LogP contribution is 2.35. The van der Waals surface area contributed by atoms with Gasteiger partial charge in [0.15, 0.2) is 0 Å². The Bertz CT molecular complexity index is 605. The van der Waals surface area contributed by atoms with Crippen LogP contribution in [0.1, 0.15) is 19.8 Å². The van der Waals surface area contributed by atoms with Crippen molar-refractivity contribution < 1.29 is 23.8 Å². The molecule has 2 amide bonds. The van der Waals surface area contributed by atoms with Crippen LogP contribution in [0.15, 0.2) is 18.2 Å². The summed E-state index contributed by atoms with van der Waals surface area (Å²) in [5, 5.41) is 2.87. The summed E-state index contributed by atoms with van der Waals surface area (Å²) < 4.78 is 15.8. The van der Waals surface area contributed by atoms with Crippen molar-refractivity contribution in [3.8, 4) is 11.5 Å². The molecule has 1 heterocycles. The van der Waals surface area contributed by atoms with Crippen LogP contribution in [-0.2, 0) is 14.3 Å². The van der Waals surface area contributed by atoms with E-state index < -0.39 is 0 Å². The molecule has 1 aromatic rings. The summed E-state index contributed by atoms with van der Waals surface area (Å²) in [7, 11) is 3.11. The van der Waals surface area contributed by atoms with E-state index in [1.807, 2.05) is 6.92 Å². The fourth-order valence-corrected chi connectivity index (χ4v) is 2.80. The Hall–Kier alpha value is -2.28. The van der Waals surface area contributed by atoms with E-state index in [4.69, 9.17) is 14.2 Å². The number of carbonyl (C=O) groups is 2. The molecule has 138 valence electrons. The maximum Gasteiger partial charge on any atom is 0.227 e. The minimum atomic E-state index is -0.355. The first-order chi connectivity index (χ1) is 12.1. The first kappa shape index (κ1) is 19.1. The molecule has 1 aliphatic heterocycles. The standard InChI is InChI=1S/C18H26N2O5/c1-4-25-9-5-8-19-18(22)13-10-17(21)20(12-13)15-7-6-14(23-2)11-16(15)24-3/h6-7,11,13H,4-5,8-10,12H2,1-3H3,(H,19,22)/t13-/m1/s1. The van der Waals surface area contributed by atoms with Gasteiger partial charge in [0.1, 0.15) is 11.5 Å². The third kappa shape index (κ3) is 4.85. The number of methoxy groups -OCH3 is 2. The van der Waals surface area contributed by atoms with Gasteiger partial charge in [-0.25, -0.2) is 0 Å². The van der Waals surface area contributed by atoms with E-state index in [9.17, 15) is 9.59 Å². The van der Waals surface area contributed by atoms with Crippen LogP contribution in [0.5, 0.6) is 11.5 Å². The van der Waals surface area contributed by atoms with Crippen LogP contribution in [0, 0.1) is 5.92 Å². The van der Waals surface area contributed by atoms with Crippen LogP contribution in [0.4, 0.5) is 5.69 Å². The molecule has 0 bridgehead atoms. The number of nitrogens with one attached hydrogen (secondary N) is 1. The van der Waals surface area contributed by atoms with E-state index in [-0.39, 0.29) is 24.2 Å². The molecule has 7 heteroatoms. The largest absolute Gasteiger partial charge is 0.497 e. The Morgan fingerprint density at radius 2 is 2.12 bits per heavy atom. The van der Waals surface area contributed by atoms with Gasteiger partial charge in [-0.2, -0.15) is 0 Å². The van der Waals surface area contributed by atoms with E-state index in [0.717, 1.165) is 6.42 Å². The normalized spacial score (nSPS) is 16.8. The van der Waals surface area contributed by atoms with Crippen molar-refractivity contribution in [2.24, 2.45) is 5.92 Å². The van der Waals surface area contributed by atoms with Gasteiger partial charge in [0.2, 0.25) is 11.8 Å². The molecule has 1 fully saturated rings. The van der Waals surface area contributed by atoms with E-state index >= 15 is 0 Å². The zero-order valence-electron chi connectivity index (χ0n) is 15.0. The molecule has 2 rings (SSSR count). The van der Waals surface area contributed by atoms with Crippen molar-refractivity contribution in [1.29, 1.82) is 0 Å². The molecule has 1 aliphatic rings. The maximum atomic E-state index is 12.4. The Morgan fingerprint density at radius 3 is 2.80 bits per heavy atom. The molecule has 0 radical (unpaired) electrons. The van der Waals surface area contributed by atoms with E-state index in [1.165, 1.54) is 0 Å². The molecule has 1 saturated heterocycles. The number of rotatable bonds is 9. The number of amides is 2. The highest BCUT2D eigenvalue weighted by atomic mass is 16.5. The topological polar surface area (TPSA) is 77.1 Å². The van der Waals surface area contributed by atoms with Gasteiger partial charge in [-0.05, 0) is 25.5 Å². The summed E-state index contributed by atoms with van der Waals surface area (Å²) in [4.78, 5) is 26.2. The Kier molecular flexibility index (Phi) is 7.06. The predicted octanol–water partition coefficient (Wildman–Crippen LogP) is 1.60. The number of carbonyl (C=O) groups excluding carboxylic acids is 2. The highest BCUT2D eigenvalue weighted by molar-refractivity contribution is 6.01. The maximum absolute atomic E-state index is 12.4. The minimum Gasteiger partial charge on any atom is -0.497 e. The predicted molar refractivity (Wildman–Crippen MR) is 94.1 cm³/mol. The third-order valence-electron chi connectivity index (χ3n) is 4.14. The van der Waals surface area contributed by atoms with Gasteiger partial charge in [0.25, 0.3) is 0 Å². The molecular weight excluding hydrogens is 324 g/mol.